The summed E-state index contributed by atoms with van der Waals surface area (Å²) in [5, 5.41) is 14.7. The third-order valence-corrected chi connectivity index (χ3v) is 11.7. The number of carbonyl (C=O) groups is 5. The van der Waals surface area contributed by atoms with Crippen molar-refractivity contribution in [3.05, 3.63) is 66.0 Å². The predicted octanol–water partition coefficient (Wildman–Crippen LogP) is 4.06. The fraction of sp³-hybridized carbons (Fsp3) is 0.442. The van der Waals surface area contributed by atoms with E-state index in [9.17, 15) is 24.0 Å². The number of carbonyl (C=O) groups excluding carboxylic acids is 5. The highest BCUT2D eigenvalue weighted by Crippen LogP contribution is 2.35. The van der Waals surface area contributed by atoms with E-state index >= 15 is 0 Å². The lowest BCUT2D eigenvalue weighted by atomic mass is 10.2. The third kappa shape index (κ3) is 9.13. The summed E-state index contributed by atoms with van der Waals surface area (Å²) in [4.78, 5) is 79.5. The number of fused-ring (bicyclic) bond motifs is 2. The van der Waals surface area contributed by atoms with Gasteiger partial charge in [-0.3, -0.25) is 39.0 Å². The molecule has 18 nitrogen and oxygen atoms in total. The molecule has 18 heteroatoms. The Labute approximate surface area is 353 Å². The monoisotopic (exact) mass is 832 g/mol. The number of nitrogens with one attached hydrogen (secondary N) is 3. The highest BCUT2D eigenvalue weighted by molar-refractivity contribution is 6.09. The van der Waals surface area contributed by atoms with Crippen LogP contribution < -0.4 is 25.6 Å². The summed E-state index contributed by atoms with van der Waals surface area (Å²) < 4.78 is 9.62. The minimum Gasteiger partial charge on any atom is -0.484 e. The van der Waals surface area contributed by atoms with Crippen LogP contribution in [0.25, 0.3) is 21.9 Å². The van der Waals surface area contributed by atoms with Crippen LogP contribution >= 0.6 is 0 Å². The number of ether oxygens (including phenoxy) is 1. The molecule has 8 rings (SSSR count). The van der Waals surface area contributed by atoms with Gasteiger partial charge in [-0.05, 0) is 74.7 Å². The molecule has 0 spiro atoms. The van der Waals surface area contributed by atoms with Gasteiger partial charge >= 0.3 is 6.03 Å². The quantitative estimate of drug-likeness (QED) is 0.137. The van der Waals surface area contributed by atoms with E-state index in [1.165, 1.54) is 4.90 Å². The Kier molecular flexibility index (Phi) is 12.1. The Morgan fingerprint density at radius 2 is 1.72 bits per heavy atom. The summed E-state index contributed by atoms with van der Waals surface area (Å²) >= 11 is 0. The van der Waals surface area contributed by atoms with Gasteiger partial charge in [0.05, 0.1) is 5.52 Å². The van der Waals surface area contributed by atoms with E-state index in [1.54, 1.807) is 61.2 Å². The molecule has 0 radical (unpaired) electrons. The Hall–Kier alpha value is -6.56. The summed E-state index contributed by atoms with van der Waals surface area (Å²) in [6.07, 6.45) is 7.99. The maximum atomic E-state index is 13.0. The normalized spacial score (nSPS) is 16.3. The average Bonchev–Trinajstić information content (AvgIpc) is 4.00. The molecular formula is C43H52N12O6. The van der Waals surface area contributed by atoms with Crippen molar-refractivity contribution in [1.82, 2.24) is 49.6 Å². The zero-order chi connectivity index (χ0) is 42.6. The van der Waals surface area contributed by atoms with Crippen molar-refractivity contribution >= 4 is 69.0 Å². The minimum atomic E-state index is -0.497. The molecule has 3 aliphatic rings. The highest BCUT2D eigenvalue weighted by atomic mass is 16.5. The molecule has 320 valence electrons. The van der Waals surface area contributed by atoms with Crippen molar-refractivity contribution in [2.45, 2.75) is 51.0 Å². The van der Waals surface area contributed by atoms with Crippen LogP contribution in [0.1, 0.15) is 71.8 Å². The average molecular weight is 833 g/mol. The van der Waals surface area contributed by atoms with Gasteiger partial charge in [0.1, 0.15) is 17.1 Å². The number of rotatable bonds is 14. The van der Waals surface area contributed by atoms with Gasteiger partial charge in [0.15, 0.2) is 12.4 Å². The fourth-order valence-electron chi connectivity index (χ4n) is 8.32. The van der Waals surface area contributed by atoms with Crippen LogP contribution in [0.2, 0.25) is 0 Å². The predicted molar refractivity (Wildman–Crippen MR) is 229 cm³/mol. The number of imide groups is 1. The molecule has 2 aliphatic heterocycles. The fourth-order valence-corrected chi connectivity index (χ4v) is 8.32. The summed E-state index contributed by atoms with van der Waals surface area (Å²) in [6, 6.07) is 14.2. The first kappa shape index (κ1) is 41.2. The summed E-state index contributed by atoms with van der Waals surface area (Å²) in [7, 11) is 5.29. The number of benzene rings is 2. The standard InChI is InChI=1S/C43H52N12O6/c1-50(2)41(59)35-24-29-26-45-42(48-38(29)55(35)31-8-4-5-9-31)46-30-12-10-28(11-13-30)40(58)44-17-6-7-18-52-20-22-53(23-21-52)37(57)27-61-32-14-15-33-34(25-32)51(3)49-39(33)54-19-16-36(56)47-43(54)60/h10-15,24-26,31H,4-9,16-23,27H2,1-3H3,(H,44,58)(H,45,46,48)(H,47,56,60). The topological polar surface area (TPSA) is 192 Å². The van der Waals surface area contributed by atoms with Gasteiger partial charge in [0.2, 0.25) is 11.9 Å². The number of unbranched alkanes of at least 4 members (excludes halogenated alkanes) is 1. The van der Waals surface area contributed by atoms with Crippen LogP contribution in [0, 0.1) is 0 Å². The third-order valence-electron chi connectivity index (χ3n) is 11.7. The van der Waals surface area contributed by atoms with Crippen molar-refractivity contribution in [2.24, 2.45) is 7.05 Å². The first-order valence-electron chi connectivity index (χ1n) is 21.0. The van der Waals surface area contributed by atoms with E-state index in [1.807, 2.05) is 29.2 Å². The number of anilines is 3. The highest BCUT2D eigenvalue weighted by Gasteiger charge is 2.29. The number of piperazine rings is 1. The van der Waals surface area contributed by atoms with Crippen molar-refractivity contribution in [3.8, 4) is 5.75 Å². The minimum absolute atomic E-state index is 0.0515. The van der Waals surface area contributed by atoms with Gasteiger partial charge in [-0.15, -0.1) is 0 Å². The molecule has 5 aromatic rings. The molecule has 6 amide bonds. The van der Waals surface area contributed by atoms with E-state index in [-0.39, 0.29) is 49.2 Å². The van der Waals surface area contributed by atoms with E-state index in [0.29, 0.717) is 48.4 Å². The molecule has 61 heavy (non-hydrogen) atoms. The number of nitrogens with zero attached hydrogens (tertiary/aromatic N) is 9. The smallest absolute Gasteiger partial charge is 0.329 e. The van der Waals surface area contributed by atoms with Crippen LogP contribution in [0.15, 0.2) is 54.7 Å². The van der Waals surface area contributed by atoms with Gasteiger partial charge in [-0.1, -0.05) is 12.8 Å². The number of amides is 6. The van der Waals surface area contributed by atoms with Gasteiger partial charge in [0, 0.05) is 107 Å². The van der Waals surface area contributed by atoms with Crippen molar-refractivity contribution < 1.29 is 28.7 Å². The zero-order valence-corrected chi connectivity index (χ0v) is 34.9. The SMILES string of the molecule is CN(C)C(=O)c1cc2cnc(Nc3ccc(C(=O)NCCCCN4CCN(C(=O)COc5ccc6c(N7CCC(=O)NC7=O)nn(C)c6c5)CC4)cc3)nc2n1C1CCCC1. The van der Waals surface area contributed by atoms with Crippen molar-refractivity contribution in [3.63, 3.8) is 0 Å². The maximum Gasteiger partial charge on any atom is 0.329 e. The molecule has 1 aliphatic carbocycles. The van der Waals surface area contributed by atoms with Gasteiger partial charge in [0.25, 0.3) is 17.7 Å². The Morgan fingerprint density at radius 3 is 2.46 bits per heavy atom. The van der Waals surface area contributed by atoms with E-state index in [0.717, 1.165) is 85.8 Å². The molecule has 0 unspecified atom stereocenters. The second-order valence-corrected chi connectivity index (χ2v) is 16.1. The largest absolute Gasteiger partial charge is 0.484 e. The van der Waals surface area contributed by atoms with Crippen LogP contribution in [-0.2, 0) is 16.6 Å². The van der Waals surface area contributed by atoms with Crippen LogP contribution in [0.3, 0.4) is 0 Å². The van der Waals surface area contributed by atoms with Crippen LogP contribution in [0.4, 0.5) is 22.2 Å². The number of hydrogen-bond donors (Lipinski definition) is 3. The maximum absolute atomic E-state index is 13.0. The molecule has 3 fully saturated rings. The molecule has 3 aromatic heterocycles. The first-order valence-corrected chi connectivity index (χ1v) is 21.0. The Bertz CT molecular complexity index is 2450. The molecule has 0 bridgehead atoms. The summed E-state index contributed by atoms with van der Waals surface area (Å²) in [5.41, 5.74) is 3.42. The molecule has 2 saturated heterocycles. The lowest BCUT2D eigenvalue weighted by Gasteiger charge is -2.34. The van der Waals surface area contributed by atoms with Crippen LogP contribution in [0.5, 0.6) is 5.75 Å². The van der Waals surface area contributed by atoms with Gasteiger partial charge in [-0.2, -0.15) is 10.1 Å². The second kappa shape index (κ2) is 18.0. The molecule has 0 atom stereocenters. The van der Waals surface area contributed by atoms with Gasteiger partial charge < -0.3 is 29.7 Å². The number of hydrogen-bond acceptors (Lipinski definition) is 11. The molecular weight excluding hydrogens is 781 g/mol. The van der Waals surface area contributed by atoms with E-state index in [2.05, 4.69) is 35.5 Å². The number of aromatic nitrogens is 5. The van der Waals surface area contributed by atoms with Gasteiger partial charge in [-0.25, -0.2) is 9.78 Å². The van der Waals surface area contributed by atoms with E-state index < -0.39 is 6.03 Å². The Balaban J connectivity index is 0.743. The van der Waals surface area contributed by atoms with E-state index in [4.69, 9.17) is 9.72 Å². The second-order valence-electron chi connectivity index (χ2n) is 16.1. The first-order chi connectivity index (χ1) is 29.5. The lowest BCUT2D eigenvalue weighted by molar-refractivity contribution is -0.135. The lowest BCUT2D eigenvalue weighted by Crippen LogP contribution is -2.50. The Morgan fingerprint density at radius 1 is 0.951 bits per heavy atom. The number of aryl methyl sites for hydroxylation is 1. The molecule has 2 aromatic carbocycles. The van der Waals surface area contributed by atoms with Crippen molar-refractivity contribution in [1.29, 1.82) is 0 Å². The summed E-state index contributed by atoms with van der Waals surface area (Å²) in [5.74, 6) is 0.831. The van der Waals surface area contributed by atoms with Crippen molar-refractivity contribution in [2.75, 3.05) is 76.7 Å². The molecule has 5 heterocycles. The zero-order valence-electron chi connectivity index (χ0n) is 34.9. The number of urea groups is 1. The molecule has 1 saturated carbocycles. The molecule has 3 N–H and O–H groups in total. The summed E-state index contributed by atoms with van der Waals surface area (Å²) in [6.45, 7) is 4.36. The van der Waals surface area contributed by atoms with Crippen LogP contribution in [-0.4, -0.2) is 135 Å².